The maximum Gasteiger partial charge on any atom is 0.306 e. The average Bonchev–Trinajstić information content (AvgIpc) is 2.36. The number of carbonyl (C=O) groups is 1. The maximum atomic E-state index is 11.1. The van der Waals surface area contributed by atoms with E-state index in [1.807, 2.05) is 18.2 Å². The van der Waals surface area contributed by atoms with Crippen LogP contribution >= 0.6 is 23.4 Å². The zero-order valence-corrected chi connectivity index (χ0v) is 14.0. The van der Waals surface area contributed by atoms with E-state index in [-0.39, 0.29) is 11.5 Å². The summed E-state index contributed by atoms with van der Waals surface area (Å²) in [5.41, 5.74) is 1.26. The summed E-state index contributed by atoms with van der Waals surface area (Å²) in [6, 6.07) is 5.87. The molecule has 3 nitrogen and oxygen atoms in total. The largest absolute Gasteiger partial charge is 0.469 e. The third kappa shape index (κ3) is 6.64. The normalized spacial score (nSPS) is 11.4. The van der Waals surface area contributed by atoms with Crippen LogP contribution < -0.4 is 5.32 Å². The van der Waals surface area contributed by atoms with Crippen molar-refractivity contribution in [3.05, 3.63) is 28.8 Å². The van der Waals surface area contributed by atoms with E-state index in [2.05, 4.69) is 30.8 Å². The number of thioether (sulfide) groups is 1. The summed E-state index contributed by atoms with van der Waals surface area (Å²) in [4.78, 5) is 12.2. The first-order valence-electron chi connectivity index (χ1n) is 6.55. The Morgan fingerprint density at radius 3 is 2.70 bits per heavy atom. The Kier molecular flexibility index (Phi) is 6.86. The van der Waals surface area contributed by atoms with Crippen molar-refractivity contribution in [1.29, 1.82) is 0 Å². The molecule has 1 rings (SSSR count). The molecule has 1 aromatic rings. The van der Waals surface area contributed by atoms with Gasteiger partial charge in [-0.25, -0.2) is 0 Å². The van der Waals surface area contributed by atoms with Gasteiger partial charge in [0.1, 0.15) is 0 Å². The number of benzene rings is 1. The van der Waals surface area contributed by atoms with Crippen LogP contribution in [0.15, 0.2) is 23.1 Å². The first kappa shape index (κ1) is 17.3. The monoisotopic (exact) mass is 315 g/mol. The molecule has 1 N–H and O–H groups in total. The second-order valence-electron chi connectivity index (χ2n) is 5.53. The standard InChI is InChI=1S/C15H22ClNO2S/c1-15(2,3)17-10-11-5-6-12(16)9-13(11)20-8-7-14(18)19-4/h5-6,9,17H,7-8,10H2,1-4H3. The highest BCUT2D eigenvalue weighted by Crippen LogP contribution is 2.27. The van der Waals surface area contributed by atoms with Crippen molar-refractivity contribution in [2.24, 2.45) is 0 Å². The third-order valence-electron chi connectivity index (χ3n) is 2.63. The Balaban J connectivity index is 2.67. The molecule has 0 amide bonds. The van der Waals surface area contributed by atoms with Gasteiger partial charge in [-0.2, -0.15) is 0 Å². The van der Waals surface area contributed by atoms with Gasteiger partial charge in [-0.1, -0.05) is 17.7 Å². The third-order valence-corrected chi connectivity index (χ3v) is 3.96. The second kappa shape index (κ2) is 7.91. The molecule has 20 heavy (non-hydrogen) atoms. The van der Waals surface area contributed by atoms with Gasteiger partial charge in [0.25, 0.3) is 0 Å². The molecular weight excluding hydrogens is 294 g/mol. The molecule has 0 radical (unpaired) electrons. The van der Waals surface area contributed by atoms with Crippen LogP contribution in [0.1, 0.15) is 32.8 Å². The number of hydrogen-bond acceptors (Lipinski definition) is 4. The number of halogens is 1. The number of hydrogen-bond donors (Lipinski definition) is 1. The lowest BCUT2D eigenvalue weighted by Gasteiger charge is -2.21. The Bertz CT molecular complexity index is 458. The van der Waals surface area contributed by atoms with Crippen molar-refractivity contribution in [1.82, 2.24) is 5.32 Å². The summed E-state index contributed by atoms with van der Waals surface area (Å²) >= 11 is 7.68. The van der Waals surface area contributed by atoms with Crippen LogP contribution in [0.5, 0.6) is 0 Å². The molecule has 0 aliphatic carbocycles. The molecule has 0 fully saturated rings. The van der Waals surface area contributed by atoms with Crippen LogP contribution in [0.2, 0.25) is 5.02 Å². The molecule has 0 aliphatic heterocycles. The second-order valence-corrected chi connectivity index (χ2v) is 7.10. The van der Waals surface area contributed by atoms with Crippen LogP contribution in [0.4, 0.5) is 0 Å². The van der Waals surface area contributed by atoms with Gasteiger partial charge in [-0.05, 0) is 38.5 Å². The van der Waals surface area contributed by atoms with E-state index >= 15 is 0 Å². The first-order valence-corrected chi connectivity index (χ1v) is 7.91. The highest BCUT2D eigenvalue weighted by molar-refractivity contribution is 7.99. The summed E-state index contributed by atoms with van der Waals surface area (Å²) in [6.07, 6.45) is 0.403. The Hall–Kier alpha value is -0.710. The molecule has 0 spiro atoms. The van der Waals surface area contributed by atoms with Crippen LogP contribution in [0.25, 0.3) is 0 Å². The van der Waals surface area contributed by atoms with Crippen LogP contribution in [-0.2, 0) is 16.1 Å². The fourth-order valence-corrected chi connectivity index (χ4v) is 2.78. The molecule has 5 heteroatoms. The molecule has 0 atom stereocenters. The zero-order chi connectivity index (χ0) is 15.2. The smallest absolute Gasteiger partial charge is 0.306 e. The molecule has 0 saturated heterocycles. The van der Waals surface area contributed by atoms with Crippen LogP contribution in [0, 0.1) is 0 Å². The minimum Gasteiger partial charge on any atom is -0.469 e. The van der Waals surface area contributed by atoms with E-state index in [0.717, 1.165) is 11.4 Å². The van der Waals surface area contributed by atoms with Crippen LogP contribution in [0.3, 0.4) is 0 Å². The van der Waals surface area contributed by atoms with Gasteiger partial charge in [0.05, 0.1) is 13.5 Å². The number of esters is 1. The number of rotatable bonds is 6. The number of methoxy groups -OCH3 is 1. The highest BCUT2D eigenvalue weighted by Gasteiger charge is 2.11. The fourth-order valence-electron chi connectivity index (χ4n) is 1.52. The lowest BCUT2D eigenvalue weighted by atomic mass is 10.1. The van der Waals surface area contributed by atoms with Crippen LogP contribution in [-0.4, -0.2) is 24.4 Å². The van der Waals surface area contributed by atoms with E-state index in [0.29, 0.717) is 17.2 Å². The van der Waals surface area contributed by atoms with Crippen molar-refractivity contribution in [3.63, 3.8) is 0 Å². The van der Waals surface area contributed by atoms with E-state index in [4.69, 9.17) is 11.6 Å². The number of carbonyl (C=O) groups excluding carboxylic acids is 1. The summed E-state index contributed by atoms with van der Waals surface area (Å²) in [5, 5.41) is 4.17. The number of ether oxygens (including phenoxy) is 1. The molecular formula is C15H22ClNO2S. The van der Waals surface area contributed by atoms with Gasteiger partial charge in [-0.15, -0.1) is 11.8 Å². The number of nitrogens with one attached hydrogen (secondary N) is 1. The summed E-state index contributed by atoms with van der Waals surface area (Å²) < 4.78 is 4.64. The lowest BCUT2D eigenvalue weighted by Crippen LogP contribution is -2.35. The zero-order valence-electron chi connectivity index (χ0n) is 12.5. The van der Waals surface area contributed by atoms with E-state index < -0.39 is 0 Å². The van der Waals surface area contributed by atoms with Gasteiger partial charge in [-0.3, -0.25) is 4.79 Å². The first-order chi connectivity index (χ1) is 9.31. The summed E-state index contributed by atoms with van der Waals surface area (Å²) in [7, 11) is 1.41. The molecule has 0 unspecified atom stereocenters. The fraction of sp³-hybridized carbons (Fsp3) is 0.533. The molecule has 0 heterocycles. The molecule has 112 valence electrons. The quantitative estimate of drug-likeness (QED) is 0.638. The van der Waals surface area contributed by atoms with Crippen molar-refractivity contribution in [2.75, 3.05) is 12.9 Å². The molecule has 0 aliphatic rings. The van der Waals surface area contributed by atoms with Crippen molar-refractivity contribution in [3.8, 4) is 0 Å². The molecule has 0 saturated carbocycles. The molecule has 1 aromatic carbocycles. The highest BCUT2D eigenvalue weighted by atomic mass is 35.5. The van der Waals surface area contributed by atoms with Gasteiger partial charge in [0.2, 0.25) is 0 Å². The topological polar surface area (TPSA) is 38.3 Å². The van der Waals surface area contributed by atoms with Crippen molar-refractivity contribution >= 4 is 29.3 Å². The van der Waals surface area contributed by atoms with Gasteiger partial charge < -0.3 is 10.1 Å². The molecule has 0 aromatic heterocycles. The van der Waals surface area contributed by atoms with E-state index in [9.17, 15) is 4.79 Å². The minimum atomic E-state index is -0.186. The lowest BCUT2D eigenvalue weighted by molar-refractivity contribution is -0.140. The minimum absolute atomic E-state index is 0.0631. The Morgan fingerprint density at radius 1 is 1.40 bits per heavy atom. The van der Waals surface area contributed by atoms with Gasteiger partial charge >= 0.3 is 5.97 Å². The Morgan fingerprint density at radius 2 is 2.10 bits per heavy atom. The van der Waals surface area contributed by atoms with E-state index in [1.54, 1.807) is 11.8 Å². The van der Waals surface area contributed by atoms with E-state index in [1.165, 1.54) is 12.7 Å². The summed E-state index contributed by atoms with van der Waals surface area (Å²) in [5.74, 6) is 0.504. The average molecular weight is 316 g/mol. The van der Waals surface area contributed by atoms with Crippen molar-refractivity contribution < 1.29 is 9.53 Å². The maximum absolute atomic E-state index is 11.1. The van der Waals surface area contributed by atoms with Crippen molar-refractivity contribution in [2.45, 2.75) is 44.2 Å². The SMILES string of the molecule is COC(=O)CCSc1cc(Cl)ccc1CNC(C)(C)C. The molecule has 0 bridgehead atoms. The van der Waals surface area contributed by atoms with Gasteiger partial charge in [0.15, 0.2) is 0 Å². The predicted octanol–water partition coefficient (Wildman–Crippen LogP) is 3.88. The Labute approximate surface area is 130 Å². The predicted molar refractivity (Wildman–Crippen MR) is 85.4 cm³/mol. The van der Waals surface area contributed by atoms with Gasteiger partial charge in [0, 0.05) is 27.8 Å². The summed E-state index contributed by atoms with van der Waals surface area (Å²) in [6.45, 7) is 7.17.